The van der Waals surface area contributed by atoms with E-state index < -0.39 is 5.82 Å². The molecule has 180 valence electrons. The van der Waals surface area contributed by atoms with Crippen molar-refractivity contribution in [1.29, 1.82) is 0 Å². The fourth-order valence-electron chi connectivity index (χ4n) is 4.87. The highest BCUT2D eigenvalue weighted by Crippen LogP contribution is 2.41. The summed E-state index contributed by atoms with van der Waals surface area (Å²) in [7, 11) is 0. The molecule has 0 unspecified atom stereocenters. The molecule has 1 saturated heterocycles. The van der Waals surface area contributed by atoms with E-state index in [0.29, 0.717) is 48.6 Å². The fraction of sp³-hybridized carbons (Fsp3) is 0.148. The number of piperazine rings is 1. The maximum absolute atomic E-state index is 16.0. The molecule has 1 fully saturated rings. The zero-order valence-electron chi connectivity index (χ0n) is 19.1. The van der Waals surface area contributed by atoms with Gasteiger partial charge in [0.05, 0.1) is 5.02 Å². The van der Waals surface area contributed by atoms with Crippen molar-refractivity contribution in [2.75, 3.05) is 31.1 Å². The highest BCUT2D eigenvalue weighted by Gasteiger charge is 2.26. The molecule has 0 aliphatic carbocycles. The second kappa shape index (κ2) is 8.80. The van der Waals surface area contributed by atoms with E-state index in [1.165, 1.54) is 12.4 Å². The smallest absolute Gasteiger partial charge is 0.270 e. The average molecular weight is 502 g/mol. The van der Waals surface area contributed by atoms with Crippen LogP contribution >= 0.6 is 11.6 Å². The second-order valence-corrected chi connectivity index (χ2v) is 9.13. The molecule has 2 aromatic heterocycles. The molecule has 0 bridgehead atoms. The molecule has 9 heteroatoms. The Morgan fingerprint density at radius 2 is 1.81 bits per heavy atom. The number of benzene rings is 3. The number of carbonyl (C=O) groups excluding carboxylic acids is 1. The predicted octanol–water partition coefficient (Wildman–Crippen LogP) is 5.24. The lowest BCUT2D eigenvalue weighted by Crippen LogP contribution is -2.49. The van der Waals surface area contributed by atoms with Crippen LogP contribution in [0, 0.1) is 5.82 Å². The molecule has 0 saturated carbocycles. The van der Waals surface area contributed by atoms with E-state index in [1.807, 2.05) is 29.2 Å². The molecule has 2 N–H and O–H groups in total. The molecule has 0 atom stereocenters. The van der Waals surface area contributed by atoms with Crippen molar-refractivity contribution >= 4 is 45.0 Å². The van der Waals surface area contributed by atoms with Crippen LogP contribution in [-0.2, 0) is 0 Å². The third kappa shape index (κ3) is 3.70. The first-order valence-corrected chi connectivity index (χ1v) is 11.9. The first-order chi connectivity index (χ1) is 17.5. The third-order valence-corrected chi connectivity index (χ3v) is 6.91. The van der Waals surface area contributed by atoms with Crippen molar-refractivity contribution < 1.29 is 14.3 Å². The van der Waals surface area contributed by atoms with Gasteiger partial charge < -0.3 is 19.9 Å². The van der Waals surface area contributed by atoms with Crippen LogP contribution in [0.3, 0.4) is 0 Å². The Morgan fingerprint density at radius 3 is 2.58 bits per heavy atom. The van der Waals surface area contributed by atoms with E-state index in [9.17, 15) is 9.90 Å². The number of anilines is 1. The summed E-state index contributed by atoms with van der Waals surface area (Å²) in [6, 6.07) is 15.8. The number of H-pyrrole nitrogens is 1. The van der Waals surface area contributed by atoms with Crippen LogP contribution in [0.25, 0.3) is 32.8 Å². The van der Waals surface area contributed by atoms with Gasteiger partial charge in [0.15, 0.2) is 5.82 Å². The number of aromatic nitrogens is 3. The Labute approximate surface area is 210 Å². The van der Waals surface area contributed by atoms with Crippen LogP contribution in [0.15, 0.2) is 67.1 Å². The number of halogens is 2. The number of hydrogen-bond donors (Lipinski definition) is 2. The number of rotatable bonds is 3. The number of nitrogens with zero attached hydrogens (tertiary/aromatic N) is 4. The van der Waals surface area contributed by atoms with Gasteiger partial charge in [0.1, 0.15) is 29.1 Å². The van der Waals surface area contributed by atoms with Crippen LogP contribution in [0.4, 0.5) is 10.2 Å². The molecule has 7 nitrogen and oxygen atoms in total. The number of phenols is 1. The molecular formula is C27H21ClFN5O2. The summed E-state index contributed by atoms with van der Waals surface area (Å²) in [5, 5.41) is 12.5. The van der Waals surface area contributed by atoms with E-state index in [-0.39, 0.29) is 27.8 Å². The standard InChI is InChI=1S/C27H21ClFN5O2/c28-21-14-20-25(24(29)23(21)19-13-17(35)12-16-4-1-2-5-18(16)19)31-15-32-26(20)33-8-10-34(11-9-33)27(36)22-6-3-7-30-22/h1-7,12-15,30,35H,8-11H2. The van der Waals surface area contributed by atoms with Crippen LogP contribution in [0.2, 0.25) is 5.02 Å². The van der Waals surface area contributed by atoms with Gasteiger partial charge in [0, 0.05) is 43.3 Å². The number of aromatic amines is 1. The van der Waals surface area contributed by atoms with Crippen molar-refractivity contribution in [3.8, 4) is 16.9 Å². The molecule has 0 radical (unpaired) electrons. The zero-order chi connectivity index (χ0) is 24.8. The topological polar surface area (TPSA) is 85.4 Å². The lowest BCUT2D eigenvalue weighted by Gasteiger charge is -2.35. The molecule has 3 aromatic carbocycles. The number of amides is 1. The fourth-order valence-corrected chi connectivity index (χ4v) is 5.17. The van der Waals surface area contributed by atoms with E-state index >= 15 is 4.39 Å². The average Bonchev–Trinajstić information content (AvgIpc) is 3.43. The Bertz CT molecular complexity index is 1610. The SMILES string of the molecule is O=C(c1ccc[nH]1)N1CCN(c2ncnc3c(F)c(-c4cc(O)cc5ccccc45)c(Cl)cc23)CC1. The lowest BCUT2D eigenvalue weighted by molar-refractivity contribution is 0.0741. The van der Waals surface area contributed by atoms with Crippen molar-refractivity contribution in [3.05, 3.63) is 83.7 Å². The Morgan fingerprint density at radius 1 is 1.00 bits per heavy atom. The predicted molar refractivity (Wildman–Crippen MR) is 138 cm³/mol. The van der Waals surface area contributed by atoms with E-state index in [1.54, 1.807) is 35.4 Å². The highest BCUT2D eigenvalue weighted by atomic mass is 35.5. The van der Waals surface area contributed by atoms with Gasteiger partial charge in [-0.15, -0.1) is 0 Å². The van der Waals surface area contributed by atoms with Gasteiger partial charge in [-0.2, -0.15) is 0 Å². The minimum Gasteiger partial charge on any atom is -0.508 e. The van der Waals surface area contributed by atoms with Crippen LogP contribution in [0.1, 0.15) is 10.5 Å². The van der Waals surface area contributed by atoms with Gasteiger partial charge in [-0.3, -0.25) is 4.79 Å². The van der Waals surface area contributed by atoms with Gasteiger partial charge in [-0.05, 0) is 46.7 Å². The van der Waals surface area contributed by atoms with Crippen LogP contribution in [-0.4, -0.2) is 57.0 Å². The first kappa shape index (κ1) is 22.3. The highest BCUT2D eigenvalue weighted by molar-refractivity contribution is 6.35. The lowest BCUT2D eigenvalue weighted by atomic mass is 9.96. The van der Waals surface area contributed by atoms with Gasteiger partial charge in [0.2, 0.25) is 0 Å². The van der Waals surface area contributed by atoms with Crippen LogP contribution < -0.4 is 4.90 Å². The summed E-state index contributed by atoms with van der Waals surface area (Å²) in [6.07, 6.45) is 3.07. The number of phenolic OH excluding ortho intramolecular Hbond substituents is 1. The quantitative estimate of drug-likeness (QED) is 0.353. The summed E-state index contributed by atoms with van der Waals surface area (Å²) in [6.45, 7) is 2.09. The molecule has 1 amide bonds. The first-order valence-electron chi connectivity index (χ1n) is 11.5. The van der Waals surface area contributed by atoms with Gasteiger partial charge in [0.25, 0.3) is 5.91 Å². The number of aromatic hydroxyl groups is 1. The molecule has 5 aromatic rings. The van der Waals surface area contributed by atoms with E-state index in [0.717, 1.165) is 10.8 Å². The van der Waals surface area contributed by atoms with Crippen molar-refractivity contribution in [2.24, 2.45) is 0 Å². The molecule has 0 spiro atoms. The largest absolute Gasteiger partial charge is 0.508 e. The summed E-state index contributed by atoms with van der Waals surface area (Å²) < 4.78 is 16.0. The molecule has 1 aliphatic rings. The number of fused-ring (bicyclic) bond motifs is 2. The van der Waals surface area contributed by atoms with E-state index in [4.69, 9.17) is 11.6 Å². The maximum atomic E-state index is 16.0. The minimum atomic E-state index is -0.572. The van der Waals surface area contributed by atoms with Crippen molar-refractivity contribution in [2.45, 2.75) is 0 Å². The molecule has 3 heterocycles. The number of nitrogens with one attached hydrogen (secondary N) is 1. The van der Waals surface area contributed by atoms with Crippen molar-refractivity contribution in [1.82, 2.24) is 19.9 Å². The zero-order valence-corrected chi connectivity index (χ0v) is 19.8. The van der Waals surface area contributed by atoms with Gasteiger partial charge in [-0.1, -0.05) is 35.9 Å². The normalized spacial score (nSPS) is 14.1. The molecule has 6 rings (SSSR count). The van der Waals surface area contributed by atoms with Gasteiger partial charge in [-0.25, -0.2) is 14.4 Å². The molecular weight excluding hydrogens is 481 g/mol. The minimum absolute atomic E-state index is 0.0226. The van der Waals surface area contributed by atoms with Gasteiger partial charge >= 0.3 is 0 Å². The summed E-state index contributed by atoms with van der Waals surface area (Å²) >= 11 is 6.68. The van der Waals surface area contributed by atoms with Crippen LogP contribution in [0.5, 0.6) is 5.75 Å². The Kier molecular flexibility index (Phi) is 5.45. The summed E-state index contributed by atoms with van der Waals surface area (Å²) in [5.41, 5.74) is 1.38. The Balaban J connectivity index is 1.38. The molecule has 1 aliphatic heterocycles. The second-order valence-electron chi connectivity index (χ2n) is 8.72. The maximum Gasteiger partial charge on any atom is 0.270 e. The van der Waals surface area contributed by atoms with E-state index in [2.05, 4.69) is 15.0 Å². The number of carbonyl (C=O) groups is 1. The Hall–Kier alpha value is -4.17. The monoisotopic (exact) mass is 501 g/mol. The number of hydrogen-bond acceptors (Lipinski definition) is 5. The van der Waals surface area contributed by atoms with Crippen molar-refractivity contribution in [3.63, 3.8) is 0 Å². The molecule has 36 heavy (non-hydrogen) atoms. The summed E-state index contributed by atoms with van der Waals surface area (Å²) in [5.74, 6) is -0.0313. The third-order valence-electron chi connectivity index (χ3n) is 6.61. The summed E-state index contributed by atoms with van der Waals surface area (Å²) in [4.78, 5) is 28.1.